The maximum absolute atomic E-state index is 12.3. The van der Waals surface area contributed by atoms with E-state index in [1.54, 1.807) is 12.1 Å². The first-order valence-corrected chi connectivity index (χ1v) is 9.32. The van der Waals surface area contributed by atoms with E-state index in [1.165, 1.54) is 35.1 Å². The largest absolute Gasteiger partial charge is 0.476 e. The van der Waals surface area contributed by atoms with Gasteiger partial charge in [-0.2, -0.15) is 5.10 Å². The van der Waals surface area contributed by atoms with Crippen molar-refractivity contribution in [3.8, 4) is 11.5 Å². The zero-order valence-corrected chi connectivity index (χ0v) is 16.9. The minimum atomic E-state index is -1.16. The first-order chi connectivity index (χ1) is 14.7. The Hall–Kier alpha value is -4.21. The van der Waals surface area contributed by atoms with Gasteiger partial charge >= 0.3 is 5.97 Å². The molecule has 2 aromatic carbocycles. The highest BCUT2D eigenvalue weighted by atomic mass is 16.6. The summed E-state index contributed by atoms with van der Waals surface area (Å²) in [6, 6.07) is 10.9. The molecule has 2 N–H and O–H groups in total. The number of benzene rings is 2. The monoisotopic (exact) mass is 424 g/mol. The molecule has 0 aliphatic rings. The van der Waals surface area contributed by atoms with Gasteiger partial charge in [0.15, 0.2) is 5.69 Å². The van der Waals surface area contributed by atoms with Crippen molar-refractivity contribution in [2.75, 3.05) is 5.32 Å². The van der Waals surface area contributed by atoms with E-state index in [9.17, 15) is 19.7 Å². The number of anilines is 1. The van der Waals surface area contributed by atoms with Crippen LogP contribution in [0.4, 0.5) is 11.4 Å². The lowest BCUT2D eigenvalue weighted by molar-refractivity contribution is -0.384. The molecule has 1 aromatic heterocycles. The van der Waals surface area contributed by atoms with Crippen molar-refractivity contribution in [3.63, 3.8) is 0 Å². The molecule has 0 saturated heterocycles. The number of carbonyl (C=O) groups excluding carboxylic acids is 1. The lowest BCUT2D eigenvalue weighted by Gasteiger charge is -2.11. The first-order valence-electron chi connectivity index (χ1n) is 9.32. The van der Waals surface area contributed by atoms with Gasteiger partial charge in [0, 0.05) is 31.3 Å². The van der Waals surface area contributed by atoms with Crippen molar-refractivity contribution in [1.29, 1.82) is 0 Å². The van der Waals surface area contributed by atoms with Gasteiger partial charge in [-0.1, -0.05) is 6.07 Å². The maximum atomic E-state index is 12.3. The van der Waals surface area contributed by atoms with Crippen molar-refractivity contribution < 1.29 is 24.4 Å². The number of non-ortho nitro benzene ring substituents is 1. The Morgan fingerprint density at radius 1 is 1.13 bits per heavy atom. The quantitative estimate of drug-likeness (QED) is 0.413. The predicted octanol–water partition coefficient (Wildman–Crippen LogP) is 3.93. The maximum Gasteiger partial charge on any atom is 0.356 e. The fraction of sp³-hybridized carbons (Fsp3) is 0.190. The Morgan fingerprint density at radius 3 is 2.42 bits per heavy atom. The van der Waals surface area contributed by atoms with E-state index in [1.807, 2.05) is 19.9 Å². The normalized spacial score (nSPS) is 10.5. The van der Waals surface area contributed by atoms with Crippen molar-refractivity contribution >= 4 is 23.3 Å². The number of nitrogens with one attached hydrogen (secondary N) is 1. The number of nitro groups is 1. The molecule has 0 fully saturated rings. The number of aromatic nitrogens is 2. The number of amides is 1. The van der Waals surface area contributed by atoms with Crippen molar-refractivity contribution in [2.24, 2.45) is 0 Å². The molecule has 10 heteroatoms. The number of hydrogen-bond acceptors (Lipinski definition) is 6. The van der Waals surface area contributed by atoms with Gasteiger partial charge in [-0.25, -0.2) is 4.79 Å². The second-order valence-corrected chi connectivity index (χ2v) is 6.97. The topological polar surface area (TPSA) is 137 Å². The molecule has 3 aromatic rings. The molecule has 0 aliphatic carbocycles. The lowest BCUT2D eigenvalue weighted by Crippen LogP contribution is -2.15. The van der Waals surface area contributed by atoms with Crippen molar-refractivity contribution in [1.82, 2.24) is 9.78 Å². The number of hydrogen-bond donors (Lipinski definition) is 2. The van der Waals surface area contributed by atoms with Gasteiger partial charge < -0.3 is 15.2 Å². The first kappa shape index (κ1) is 21.5. The number of carbonyl (C=O) groups is 2. The van der Waals surface area contributed by atoms with Crippen LogP contribution in [0.3, 0.4) is 0 Å². The van der Waals surface area contributed by atoms with Gasteiger partial charge in [-0.05, 0) is 43.2 Å². The number of aryl methyl sites for hydroxylation is 3. The highest BCUT2D eigenvalue weighted by molar-refractivity contribution is 5.91. The zero-order valence-electron chi connectivity index (χ0n) is 16.9. The summed E-state index contributed by atoms with van der Waals surface area (Å²) in [5, 5.41) is 26.6. The molecule has 0 spiro atoms. The third-order valence-electron chi connectivity index (χ3n) is 4.24. The van der Waals surface area contributed by atoms with Gasteiger partial charge in [0.2, 0.25) is 5.91 Å². The molecule has 1 heterocycles. The molecule has 10 nitrogen and oxygen atoms in total. The Labute approximate surface area is 177 Å². The van der Waals surface area contributed by atoms with Crippen LogP contribution in [0.1, 0.15) is 28.0 Å². The molecule has 31 heavy (non-hydrogen) atoms. The summed E-state index contributed by atoms with van der Waals surface area (Å²) in [5.41, 5.74) is 1.84. The average Bonchev–Trinajstić information content (AvgIpc) is 3.15. The third-order valence-corrected chi connectivity index (χ3v) is 4.24. The standard InChI is InChI=1S/C21H20N4O6/c1-13-7-14(2)9-17(8-13)31-18-11-15(10-16(12-18)25(29)30)22-20(26)4-6-24-5-3-19(23-24)21(27)28/h3,5,7-12H,4,6H2,1-2H3,(H,22,26)(H,27,28). The summed E-state index contributed by atoms with van der Waals surface area (Å²) in [4.78, 5) is 33.9. The average molecular weight is 424 g/mol. The number of ether oxygens (including phenoxy) is 1. The van der Waals surface area contributed by atoms with Gasteiger partial charge in [0.1, 0.15) is 11.5 Å². The van der Waals surface area contributed by atoms with Crippen LogP contribution >= 0.6 is 0 Å². The van der Waals surface area contributed by atoms with Gasteiger partial charge in [0.25, 0.3) is 5.69 Å². The zero-order chi connectivity index (χ0) is 22.5. The SMILES string of the molecule is Cc1cc(C)cc(Oc2cc(NC(=O)CCn3ccc(C(=O)O)n3)cc([N+](=O)[O-])c2)c1. The Morgan fingerprint density at radius 2 is 1.81 bits per heavy atom. The van der Waals surface area contributed by atoms with Gasteiger partial charge in [-0.15, -0.1) is 0 Å². The minimum Gasteiger partial charge on any atom is -0.476 e. The fourth-order valence-electron chi connectivity index (χ4n) is 2.99. The van der Waals surface area contributed by atoms with Crippen LogP contribution < -0.4 is 10.1 Å². The Kier molecular flexibility index (Phi) is 6.29. The van der Waals surface area contributed by atoms with Crippen LogP contribution in [-0.4, -0.2) is 31.7 Å². The second-order valence-electron chi connectivity index (χ2n) is 6.97. The summed E-state index contributed by atoms with van der Waals surface area (Å²) >= 11 is 0. The van der Waals surface area contributed by atoms with Crippen molar-refractivity contribution in [3.05, 3.63) is 75.6 Å². The molecular weight excluding hydrogens is 404 g/mol. The number of carboxylic acid groups (broad SMARTS) is 1. The van der Waals surface area contributed by atoms with Crippen LogP contribution in [0.5, 0.6) is 11.5 Å². The molecule has 0 atom stereocenters. The van der Waals surface area contributed by atoms with E-state index in [-0.39, 0.29) is 35.8 Å². The number of rotatable bonds is 8. The Bertz CT molecular complexity index is 1130. The van der Waals surface area contributed by atoms with Crippen molar-refractivity contribution in [2.45, 2.75) is 26.8 Å². The second kappa shape index (κ2) is 9.08. The third kappa shape index (κ3) is 5.89. The van der Waals surface area contributed by atoms with Gasteiger partial charge in [-0.3, -0.25) is 19.6 Å². The summed E-state index contributed by atoms with van der Waals surface area (Å²) in [6.07, 6.45) is 1.45. The van der Waals surface area contributed by atoms with E-state index in [0.29, 0.717) is 5.75 Å². The summed E-state index contributed by atoms with van der Waals surface area (Å²) in [6.45, 7) is 3.98. The van der Waals surface area contributed by atoms with Crippen LogP contribution in [0.25, 0.3) is 0 Å². The van der Waals surface area contributed by atoms with Gasteiger partial charge in [0.05, 0.1) is 16.7 Å². The highest BCUT2D eigenvalue weighted by Gasteiger charge is 2.14. The fourth-order valence-corrected chi connectivity index (χ4v) is 2.99. The number of nitro benzene ring substituents is 1. The van der Waals surface area contributed by atoms with Crippen LogP contribution in [-0.2, 0) is 11.3 Å². The lowest BCUT2D eigenvalue weighted by atomic mass is 10.1. The predicted molar refractivity (Wildman–Crippen MR) is 112 cm³/mol. The van der Waals surface area contributed by atoms with E-state index in [2.05, 4.69) is 10.4 Å². The number of aromatic carboxylic acids is 1. The van der Waals surface area contributed by atoms with E-state index >= 15 is 0 Å². The molecule has 0 bridgehead atoms. The number of carboxylic acids is 1. The van der Waals surface area contributed by atoms with E-state index < -0.39 is 16.8 Å². The van der Waals surface area contributed by atoms with Crippen LogP contribution in [0.15, 0.2) is 48.7 Å². The smallest absolute Gasteiger partial charge is 0.356 e. The molecule has 3 rings (SSSR count). The molecule has 0 aliphatic heterocycles. The Balaban J connectivity index is 1.72. The molecule has 0 unspecified atom stereocenters. The molecule has 0 saturated carbocycles. The highest BCUT2D eigenvalue weighted by Crippen LogP contribution is 2.30. The molecule has 1 amide bonds. The molecule has 160 valence electrons. The molecule has 0 radical (unpaired) electrons. The van der Waals surface area contributed by atoms with E-state index in [0.717, 1.165) is 11.1 Å². The summed E-state index contributed by atoms with van der Waals surface area (Å²) in [5.74, 6) is -0.822. The summed E-state index contributed by atoms with van der Waals surface area (Å²) in [7, 11) is 0. The number of nitrogens with zero attached hydrogens (tertiary/aromatic N) is 3. The minimum absolute atomic E-state index is 0.00328. The van der Waals surface area contributed by atoms with Crippen LogP contribution in [0, 0.1) is 24.0 Å². The van der Waals surface area contributed by atoms with E-state index in [4.69, 9.17) is 9.84 Å². The van der Waals surface area contributed by atoms with Crippen LogP contribution in [0.2, 0.25) is 0 Å². The molecular formula is C21H20N4O6. The summed E-state index contributed by atoms with van der Waals surface area (Å²) < 4.78 is 7.12.